The van der Waals surface area contributed by atoms with E-state index in [9.17, 15) is 9.70 Å². The Labute approximate surface area is 159 Å². The number of benzene rings is 1. The van der Waals surface area contributed by atoms with Crippen molar-refractivity contribution in [1.82, 2.24) is 10.2 Å². The summed E-state index contributed by atoms with van der Waals surface area (Å²) in [5.74, 6) is 0.309. The number of nitrogens with one attached hydrogen (secondary N) is 1. The first-order valence-corrected chi connectivity index (χ1v) is 9.64. The summed E-state index contributed by atoms with van der Waals surface area (Å²) in [7, 11) is 0. The van der Waals surface area contributed by atoms with Crippen LogP contribution in [-0.4, -0.2) is 41.3 Å². The van der Waals surface area contributed by atoms with Gasteiger partial charge in [0.1, 0.15) is 11.8 Å². The molecule has 142 valence electrons. The fraction of sp³-hybridized carbons (Fsp3) is 0.526. The predicted molar refractivity (Wildman–Crippen MR) is 105 cm³/mol. The molecule has 1 aliphatic heterocycles. The van der Waals surface area contributed by atoms with Crippen molar-refractivity contribution in [2.24, 2.45) is 4.58 Å². The molecule has 0 radical (unpaired) electrons. The van der Waals surface area contributed by atoms with Crippen molar-refractivity contribution >= 4 is 17.9 Å². The highest BCUT2D eigenvalue weighted by Crippen LogP contribution is 2.42. The molecule has 0 spiro atoms. The van der Waals surface area contributed by atoms with Crippen LogP contribution < -0.4 is 5.32 Å². The fourth-order valence-corrected chi connectivity index (χ4v) is 4.22. The average molecular weight is 378 g/mol. The van der Waals surface area contributed by atoms with E-state index in [2.05, 4.69) is 33.5 Å². The molecule has 6 nitrogen and oxygen atoms in total. The molecule has 26 heavy (non-hydrogen) atoms. The fourth-order valence-electron chi connectivity index (χ4n) is 3.42. The average Bonchev–Trinajstić information content (AvgIpc) is 2.62. The van der Waals surface area contributed by atoms with Crippen molar-refractivity contribution in [1.29, 1.82) is 0 Å². The van der Waals surface area contributed by atoms with E-state index in [1.807, 2.05) is 25.1 Å². The van der Waals surface area contributed by atoms with E-state index in [-0.39, 0.29) is 5.91 Å². The largest absolute Gasteiger partial charge is 0.497 e. The number of likely N-dealkylation sites (tertiary alicyclic amines) is 1. The summed E-state index contributed by atoms with van der Waals surface area (Å²) in [5, 5.41) is 2.92. The van der Waals surface area contributed by atoms with Gasteiger partial charge in [-0.15, -0.1) is 4.91 Å². The number of carbonyl (C=O) groups is 1. The Morgan fingerprint density at radius 1 is 1.38 bits per heavy atom. The van der Waals surface area contributed by atoms with Crippen molar-refractivity contribution < 1.29 is 9.53 Å². The third-order valence-corrected chi connectivity index (χ3v) is 5.78. The summed E-state index contributed by atoms with van der Waals surface area (Å²) in [6.45, 7) is 10.3. The van der Waals surface area contributed by atoms with E-state index >= 15 is 0 Å². The Morgan fingerprint density at radius 2 is 2.04 bits per heavy atom. The maximum Gasteiger partial charge on any atom is 0.217 e. The molecular formula is C19H27N3O3S. The number of hydrogen-bond acceptors (Lipinski definition) is 6. The quantitative estimate of drug-likeness (QED) is 0.405. The van der Waals surface area contributed by atoms with Gasteiger partial charge in [0.15, 0.2) is 0 Å². The first-order valence-electron chi connectivity index (χ1n) is 8.86. The van der Waals surface area contributed by atoms with E-state index in [0.717, 1.165) is 31.6 Å². The second kappa shape index (κ2) is 9.73. The monoisotopic (exact) mass is 377 g/mol. The van der Waals surface area contributed by atoms with Gasteiger partial charge in [0.25, 0.3) is 0 Å². The van der Waals surface area contributed by atoms with Crippen molar-refractivity contribution in [2.75, 3.05) is 19.7 Å². The minimum atomic E-state index is -0.535. The zero-order chi connectivity index (χ0) is 19.0. The molecule has 1 heterocycles. The molecule has 7 heteroatoms. The van der Waals surface area contributed by atoms with E-state index in [1.54, 1.807) is 0 Å². The zero-order valence-corrected chi connectivity index (χ0v) is 16.3. The van der Waals surface area contributed by atoms with Crippen LogP contribution >= 0.6 is 11.9 Å². The molecule has 1 atom stereocenters. The summed E-state index contributed by atoms with van der Waals surface area (Å²) in [4.78, 5) is 25.2. The van der Waals surface area contributed by atoms with Gasteiger partial charge in [0.2, 0.25) is 5.91 Å². The topological polar surface area (TPSA) is 71.0 Å². The third-order valence-electron chi connectivity index (χ3n) is 4.70. The number of piperidine rings is 1. The maximum absolute atomic E-state index is 11.7. The molecule has 1 unspecified atom stereocenters. The van der Waals surface area contributed by atoms with E-state index in [0.29, 0.717) is 25.2 Å². The minimum Gasteiger partial charge on any atom is -0.497 e. The first kappa shape index (κ1) is 20.5. The Hall–Kier alpha value is -1.86. The van der Waals surface area contributed by atoms with Gasteiger partial charge in [0.05, 0.1) is 11.4 Å². The van der Waals surface area contributed by atoms with Crippen LogP contribution in [0.25, 0.3) is 0 Å². The number of nitrogens with zero attached hydrogens (tertiary/aromatic N) is 2. The van der Waals surface area contributed by atoms with Crippen LogP contribution in [0.3, 0.4) is 0 Å². The van der Waals surface area contributed by atoms with Gasteiger partial charge in [-0.2, -0.15) is 0 Å². The number of nitroso groups, excluding NO2 is 1. The molecule has 1 N–H and O–H groups in total. The lowest BCUT2D eigenvalue weighted by molar-refractivity contribution is -0.120. The normalized spacial score (nSPS) is 17.9. The Morgan fingerprint density at radius 3 is 2.58 bits per heavy atom. The molecule has 0 aliphatic carbocycles. The predicted octanol–water partition coefficient (Wildman–Crippen LogP) is 3.49. The SMILES string of the molecule is C=C(OCC)C(NC(C)=O)C1(SN=O)CCN(Cc2ccccc2)CC1. The van der Waals surface area contributed by atoms with Crippen LogP contribution in [0.1, 0.15) is 32.3 Å². The van der Waals surface area contributed by atoms with Gasteiger partial charge in [0, 0.05) is 30.0 Å². The summed E-state index contributed by atoms with van der Waals surface area (Å²) in [5.41, 5.74) is 1.26. The van der Waals surface area contributed by atoms with Gasteiger partial charge in [-0.1, -0.05) is 36.9 Å². The number of hydrogen-bond donors (Lipinski definition) is 1. The van der Waals surface area contributed by atoms with Crippen molar-refractivity contribution in [3.8, 4) is 0 Å². The lowest BCUT2D eigenvalue weighted by atomic mass is 9.86. The first-order chi connectivity index (χ1) is 12.5. The molecule has 0 aromatic heterocycles. The van der Waals surface area contributed by atoms with Crippen LogP contribution in [0.4, 0.5) is 0 Å². The number of carbonyl (C=O) groups excluding carboxylic acids is 1. The molecule has 1 saturated heterocycles. The summed E-state index contributed by atoms with van der Waals surface area (Å²) in [6.07, 6.45) is 1.43. The van der Waals surface area contributed by atoms with Crippen molar-refractivity contribution in [2.45, 2.75) is 44.0 Å². The van der Waals surface area contributed by atoms with Crippen molar-refractivity contribution in [3.05, 3.63) is 53.1 Å². The number of ether oxygens (including phenoxy) is 1. The van der Waals surface area contributed by atoms with Crippen LogP contribution in [0, 0.1) is 4.91 Å². The third kappa shape index (κ3) is 5.32. The molecule has 0 saturated carbocycles. The second-order valence-corrected chi connectivity index (χ2v) is 7.67. The van der Waals surface area contributed by atoms with Gasteiger partial charge >= 0.3 is 0 Å². The van der Waals surface area contributed by atoms with Gasteiger partial charge in [-0.3, -0.25) is 9.69 Å². The summed E-state index contributed by atoms with van der Waals surface area (Å²) >= 11 is 1.000. The van der Waals surface area contributed by atoms with Crippen LogP contribution in [-0.2, 0) is 16.1 Å². The number of amides is 1. The number of rotatable bonds is 9. The Balaban J connectivity index is 2.12. The van der Waals surface area contributed by atoms with Crippen LogP contribution in [0.15, 0.2) is 47.3 Å². The summed E-state index contributed by atoms with van der Waals surface area (Å²) < 4.78 is 8.15. The minimum absolute atomic E-state index is 0.173. The highest BCUT2D eigenvalue weighted by molar-refractivity contribution is 7.99. The Kier molecular flexibility index (Phi) is 7.66. The van der Waals surface area contributed by atoms with Crippen molar-refractivity contribution in [3.63, 3.8) is 0 Å². The lowest BCUT2D eigenvalue weighted by Gasteiger charge is -2.44. The maximum atomic E-state index is 11.7. The lowest BCUT2D eigenvalue weighted by Crippen LogP contribution is -2.56. The summed E-state index contributed by atoms with van der Waals surface area (Å²) in [6, 6.07) is 9.86. The highest BCUT2D eigenvalue weighted by atomic mass is 32.2. The van der Waals surface area contributed by atoms with Gasteiger partial charge in [-0.25, -0.2) is 0 Å². The standard InChI is InChI=1S/C19H27N3O3S/c1-4-25-15(2)18(20-16(3)23)19(26-21-24)10-12-22(13-11-19)14-17-8-6-5-7-9-17/h5-9,18H,2,4,10-14H2,1,3H3,(H,20,23). The molecule has 1 fully saturated rings. The second-order valence-electron chi connectivity index (χ2n) is 6.53. The molecule has 2 rings (SSSR count). The molecule has 1 aromatic rings. The molecular weight excluding hydrogens is 350 g/mol. The zero-order valence-electron chi connectivity index (χ0n) is 15.4. The van der Waals surface area contributed by atoms with E-state index in [4.69, 9.17) is 4.74 Å². The van der Waals surface area contributed by atoms with Gasteiger partial charge < -0.3 is 10.1 Å². The Bertz CT molecular complexity index is 616. The molecule has 1 amide bonds. The smallest absolute Gasteiger partial charge is 0.217 e. The van der Waals surface area contributed by atoms with Gasteiger partial charge in [-0.05, 0) is 38.4 Å². The molecule has 1 aliphatic rings. The van der Waals surface area contributed by atoms with E-state index < -0.39 is 10.8 Å². The molecule has 1 aromatic carbocycles. The highest BCUT2D eigenvalue weighted by Gasteiger charge is 2.46. The molecule has 0 bridgehead atoms. The van der Waals surface area contributed by atoms with E-state index in [1.165, 1.54) is 12.5 Å². The van der Waals surface area contributed by atoms with Crippen LogP contribution in [0.2, 0.25) is 0 Å². The van der Waals surface area contributed by atoms with Crippen LogP contribution in [0.5, 0.6) is 0 Å².